The molecule has 0 spiro atoms. The molecule has 0 N–H and O–H groups in total. The molecule has 0 bridgehead atoms. The van der Waals surface area contributed by atoms with E-state index in [4.69, 9.17) is 18.6 Å². The Morgan fingerprint density at radius 1 is 0.488 bits per heavy atom. The Morgan fingerprint density at radius 2 is 0.951 bits per heavy atom. The molecule has 0 radical (unpaired) electrons. The normalized spacial score (nSPS) is 10.8. The molecule has 5 heteroatoms. The van der Waals surface area contributed by atoms with Crippen molar-refractivity contribution in [3.05, 3.63) is 160 Å². The van der Waals surface area contributed by atoms with Gasteiger partial charge in [0.1, 0.15) is 30.8 Å². The van der Waals surface area contributed by atoms with Gasteiger partial charge in [-0.1, -0.05) is 121 Å². The summed E-state index contributed by atoms with van der Waals surface area (Å²) in [5.41, 5.74) is 3.70. The van der Waals surface area contributed by atoms with Crippen molar-refractivity contribution in [2.24, 2.45) is 0 Å². The summed E-state index contributed by atoms with van der Waals surface area (Å²) in [5, 5.41) is 0.272. The van der Waals surface area contributed by atoms with E-state index >= 15 is 0 Å². The summed E-state index contributed by atoms with van der Waals surface area (Å²) in [5.74, 6) is 1.26. The average molecular weight is 541 g/mol. The van der Waals surface area contributed by atoms with Crippen LogP contribution in [0.3, 0.4) is 0 Å². The molecular formula is C36H28O5. The molecule has 0 saturated heterocycles. The van der Waals surface area contributed by atoms with Gasteiger partial charge in [-0.25, -0.2) is 0 Å². The fourth-order valence-corrected chi connectivity index (χ4v) is 4.58. The number of fused-ring (bicyclic) bond motifs is 1. The Labute approximate surface area is 238 Å². The van der Waals surface area contributed by atoms with Gasteiger partial charge in [0, 0.05) is 5.56 Å². The predicted octanol–water partition coefficient (Wildman–Crippen LogP) is 8.20. The van der Waals surface area contributed by atoms with Crippen LogP contribution in [0.4, 0.5) is 0 Å². The standard InChI is InChI=1S/C36H28O5/c37-33-32-30(41-34(29-19-11-4-12-20-29)36(33)40-25-28-17-9-3-10-18-28)21-22-31(38-23-26-13-5-1-6-14-26)35(32)39-24-27-15-7-2-8-16-27/h1-22H,23-25H2. The second-order valence-electron chi connectivity index (χ2n) is 9.54. The van der Waals surface area contributed by atoms with E-state index in [1.807, 2.05) is 121 Å². The first-order valence-corrected chi connectivity index (χ1v) is 13.5. The number of rotatable bonds is 10. The third kappa shape index (κ3) is 5.99. The SMILES string of the molecule is O=c1c(OCc2ccccc2)c(-c2ccccc2)oc2ccc(OCc3ccccc3)c(OCc3ccccc3)c12. The van der Waals surface area contributed by atoms with E-state index in [0.717, 1.165) is 22.3 Å². The van der Waals surface area contributed by atoms with E-state index in [-0.39, 0.29) is 29.8 Å². The molecule has 6 rings (SSSR count). The highest BCUT2D eigenvalue weighted by atomic mass is 16.5. The molecule has 0 unspecified atom stereocenters. The Hall–Kier alpha value is -5.29. The lowest BCUT2D eigenvalue weighted by molar-refractivity contribution is 0.258. The molecule has 0 aliphatic carbocycles. The highest BCUT2D eigenvalue weighted by molar-refractivity contribution is 5.89. The molecule has 0 saturated carbocycles. The van der Waals surface area contributed by atoms with Crippen molar-refractivity contribution in [1.29, 1.82) is 0 Å². The maximum atomic E-state index is 14.3. The monoisotopic (exact) mass is 540 g/mol. The van der Waals surface area contributed by atoms with E-state index in [1.54, 1.807) is 12.1 Å². The van der Waals surface area contributed by atoms with Crippen LogP contribution in [0, 0.1) is 0 Å². The molecule has 1 heterocycles. The molecule has 5 aromatic carbocycles. The molecule has 1 aromatic heterocycles. The van der Waals surface area contributed by atoms with Gasteiger partial charge in [0.2, 0.25) is 11.2 Å². The second kappa shape index (κ2) is 12.3. The first kappa shape index (κ1) is 26.0. The number of hydrogen-bond donors (Lipinski definition) is 0. The van der Waals surface area contributed by atoms with Crippen LogP contribution in [0.15, 0.2) is 143 Å². The maximum Gasteiger partial charge on any atom is 0.239 e. The van der Waals surface area contributed by atoms with Crippen molar-refractivity contribution < 1.29 is 18.6 Å². The topological polar surface area (TPSA) is 57.9 Å². The van der Waals surface area contributed by atoms with E-state index in [1.165, 1.54) is 0 Å². The lowest BCUT2D eigenvalue weighted by atomic mass is 10.1. The largest absolute Gasteiger partial charge is 0.485 e. The van der Waals surface area contributed by atoms with Crippen LogP contribution < -0.4 is 19.6 Å². The molecule has 0 fully saturated rings. The minimum absolute atomic E-state index is 0.123. The van der Waals surface area contributed by atoms with Crippen molar-refractivity contribution in [2.75, 3.05) is 0 Å². The molecule has 6 aromatic rings. The quantitative estimate of drug-likeness (QED) is 0.175. The summed E-state index contributed by atoms with van der Waals surface area (Å²) in [7, 11) is 0. The summed E-state index contributed by atoms with van der Waals surface area (Å²) in [6.45, 7) is 0.780. The summed E-state index contributed by atoms with van der Waals surface area (Å²) >= 11 is 0. The Balaban J connectivity index is 1.47. The second-order valence-corrected chi connectivity index (χ2v) is 9.54. The minimum Gasteiger partial charge on any atom is -0.485 e. The van der Waals surface area contributed by atoms with Gasteiger partial charge in [0.05, 0.1) is 0 Å². The van der Waals surface area contributed by atoms with Gasteiger partial charge < -0.3 is 18.6 Å². The molecule has 0 aliphatic heterocycles. The maximum absolute atomic E-state index is 14.3. The number of benzene rings is 5. The molecule has 0 amide bonds. The highest BCUT2D eigenvalue weighted by Crippen LogP contribution is 2.39. The zero-order chi connectivity index (χ0) is 27.9. The fourth-order valence-electron chi connectivity index (χ4n) is 4.58. The molecular weight excluding hydrogens is 512 g/mol. The average Bonchev–Trinajstić information content (AvgIpc) is 3.04. The molecule has 202 valence electrons. The van der Waals surface area contributed by atoms with Crippen molar-refractivity contribution in [2.45, 2.75) is 19.8 Å². The van der Waals surface area contributed by atoms with Gasteiger partial charge in [-0.2, -0.15) is 0 Å². The Kier molecular flexibility index (Phi) is 7.77. The van der Waals surface area contributed by atoms with Crippen LogP contribution in [-0.2, 0) is 19.8 Å². The lowest BCUT2D eigenvalue weighted by Crippen LogP contribution is -2.12. The summed E-state index contributed by atoms with van der Waals surface area (Å²) in [6, 6.07) is 42.4. The molecule has 0 aliphatic rings. The summed E-state index contributed by atoms with van der Waals surface area (Å²) in [6.07, 6.45) is 0. The van der Waals surface area contributed by atoms with Crippen molar-refractivity contribution in [3.8, 4) is 28.6 Å². The van der Waals surface area contributed by atoms with E-state index in [2.05, 4.69) is 0 Å². The van der Waals surface area contributed by atoms with Gasteiger partial charge in [-0.05, 0) is 28.8 Å². The van der Waals surface area contributed by atoms with Gasteiger partial charge in [0.25, 0.3) is 0 Å². The number of ether oxygens (including phenoxy) is 3. The van der Waals surface area contributed by atoms with Crippen LogP contribution in [-0.4, -0.2) is 0 Å². The first-order chi connectivity index (χ1) is 20.3. The Morgan fingerprint density at radius 3 is 1.49 bits per heavy atom. The molecule has 41 heavy (non-hydrogen) atoms. The van der Waals surface area contributed by atoms with Gasteiger partial charge >= 0.3 is 0 Å². The third-order valence-corrected chi connectivity index (χ3v) is 6.66. The van der Waals surface area contributed by atoms with Crippen molar-refractivity contribution >= 4 is 11.0 Å². The molecule has 5 nitrogen and oxygen atoms in total. The summed E-state index contributed by atoms with van der Waals surface area (Å²) < 4.78 is 25.1. The van der Waals surface area contributed by atoms with Crippen molar-refractivity contribution in [1.82, 2.24) is 0 Å². The van der Waals surface area contributed by atoms with E-state index in [0.29, 0.717) is 29.4 Å². The minimum atomic E-state index is -0.325. The third-order valence-electron chi connectivity index (χ3n) is 6.66. The van der Waals surface area contributed by atoms with E-state index in [9.17, 15) is 4.79 Å². The van der Waals surface area contributed by atoms with E-state index < -0.39 is 0 Å². The lowest BCUT2D eigenvalue weighted by Gasteiger charge is -2.17. The van der Waals surface area contributed by atoms with Crippen LogP contribution in [0.1, 0.15) is 16.7 Å². The Bertz CT molecular complexity index is 1780. The fraction of sp³-hybridized carbons (Fsp3) is 0.0833. The molecule has 0 atom stereocenters. The van der Waals surface area contributed by atoms with Gasteiger partial charge in [-0.3, -0.25) is 4.79 Å². The summed E-state index contributed by atoms with van der Waals surface area (Å²) in [4.78, 5) is 14.3. The zero-order valence-electron chi connectivity index (χ0n) is 22.4. The van der Waals surface area contributed by atoms with Crippen LogP contribution in [0.2, 0.25) is 0 Å². The smallest absolute Gasteiger partial charge is 0.239 e. The first-order valence-electron chi connectivity index (χ1n) is 13.5. The van der Waals surface area contributed by atoms with Gasteiger partial charge in [0.15, 0.2) is 17.3 Å². The zero-order valence-corrected chi connectivity index (χ0v) is 22.4. The van der Waals surface area contributed by atoms with Crippen molar-refractivity contribution in [3.63, 3.8) is 0 Å². The van der Waals surface area contributed by atoms with Crippen LogP contribution >= 0.6 is 0 Å². The predicted molar refractivity (Wildman–Crippen MR) is 160 cm³/mol. The van der Waals surface area contributed by atoms with Crippen LogP contribution in [0.25, 0.3) is 22.3 Å². The highest BCUT2D eigenvalue weighted by Gasteiger charge is 2.23. The van der Waals surface area contributed by atoms with Crippen LogP contribution in [0.5, 0.6) is 17.2 Å². The number of hydrogen-bond acceptors (Lipinski definition) is 5. The van der Waals surface area contributed by atoms with Gasteiger partial charge in [-0.15, -0.1) is 0 Å².